The number of rotatable bonds is 5. The Balaban J connectivity index is 2.52. The molecule has 0 aliphatic heterocycles. The summed E-state index contributed by atoms with van der Waals surface area (Å²) < 4.78 is 19.9. The van der Waals surface area contributed by atoms with Gasteiger partial charge < -0.3 is 14.9 Å². The van der Waals surface area contributed by atoms with E-state index in [-0.39, 0.29) is 11.3 Å². The van der Waals surface area contributed by atoms with E-state index in [0.717, 1.165) is 10.9 Å². The molecule has 1 aromatic carbocycles. The standard InChI is InChI=1S/C15H16FNO4S/c1-7-6-17-14(22-7)11-4-10(21-9(3)8(2)18)5-12(13(11)16)15(19)20/h4-6,8-9,18H,1-3H3,(H,19,20)/t8-,9+/m0/s1. The van der Waals surface area contributed by atoms with Crippen LogP contribution in [0.1, 0.15) is 29.1 Å². The van der Waals surface area contributed by atoms with Gasteiger partial charge in [-0.3, -0.25) is 0 Å². The van der Waals surface area contributed by atoms with Crippen LogP contribution in [0.2, 0.25) is 0 Å². The molecule has 0 saturated carbocycles. The number of hydrogen-bond acceptors (Lipinski definition) is 5. The van der Waals surface area contributed by atoms with Gasteiger partial charge in [-0.25, -0.2) is 14.2 Å². The number of aliphatic hydroxyl groups excluding tert-OH is 1. The molecule has 2 N–H and O–H groups in total. The number of hydrogen-bond donors (Lipinski definition) is 2. The maximum absolute atomic E-state index is 14.4. The summed E-state index contributed by atoms with van der Waals surface area (Å²) in [5.74, 6) is -2.06. The highest BCUT2D eigenvalue weighted by Gasteiger charge is 2.21. The molecule has 0 amide bonds. The van der Waals surface area contributed by atoms with Crippen LogP contribution in [0.3, 0.4) is 0 Å². The van der Waals surface area contributed by atoms with Crippen LogP contribution in [0, 0.1) is 12.7 Å². The normalized spacial score (nSPS) is 13.7. The van der Waals surface area contributed by atoms with E-state index in [2.05, 4.69) is 4.98 Å². The van der Waals surface area contributed by atoms with E-state index >= 15 is 0 Å². The van der Waals surface area contributed by atoms with Crippen molar-refractivity contribution in [3.8, 4) is 16.3 Å². The molecule has 0 unspecified atom stereocenters. The van der Waals surface area contributed by atoms with Crippen molar-refractivity contribution in [1.29, 1.82) is 0 Å². The van der Waals surface area contributed by atoms with Gasteiger partial charge in [0.2, 0.25) is 0 Å². The summed E-state index contributed by atoms with van der Waals surface area (Å²) in [6.07, 6.45) is 0.285. The maximum Gasteiger partial charge on any atom is 0.338 e. The molecule has 2 rings (SSSR count). The third-order valence-electron chi connectivity index (χ3n) is 3.13. The molecule has 0 radical (unpaired) electrons. The molecule has 118 valence electrons. The largest absolute Gasteiger partial charge is 0.488 e. The first-order valence-electron chi connectivity index (χ1n) is 6.64. The summed E-state index contributed by atoms with van der Waals surface area (Å²) in [6.45, 7) is 5.02. The van der Waals surface area contributed by atoms with Crippen LogP contribution in [0.25, 0.3) is 10.6 Å². The molecular weight excluding hydrogens is 309 g/mol. The van der Waals surface area contributed by atoms with Gasteiger partial charge in [0, 0.05) is 11.1 Å². The maximum atomic E-state index is 14.4. The Hall–Kier alpha value is -1.99. The molecular formula is C15H16FNO4S. The number of aryl methyl sites for hydroxylation is 1. The number of carboxylic acids is 1. The van der Waals surface area contributed by atoms with Gasteiger partial charge in [0.05, 0.1) is 17.2 Å². The monoisotopic (exact) mass is 325 g/mol. The Bertz CT molecular complexity index is 699. The van der Waals surface area contributed by atoms with E-state index < -0.39 is 29.6 Å². The zero-order valence-electron chi connectivity index (χ0n) is 12.3. The van der Waals surface area contributed by atoms with Gasteiger partial charge in [-0.2, -0.15) is 0 Å². The van der Waals surface area contributed by atoms with Crippen LogP contribution >= 0.6 is 11.3 Å². The molecule has 0 fully saturated rings. The fourth-order valence-electron chi connectivity index (χ4n) is 1.77. The Morgan fingerprint density at radius 2 is 2.09 bits per heavy atom. The summed E-state index contributed by atoms with van der Waals surface area (Å²) in [7, 11) is 0. The smallest absolute Gasteiger partial charge is 0.338 e. The molecule has 0 saturated heterocycles. The number of thiazole rings is 1. The van der Waals surface area contributed by atoms with Crippen molar-refractivity contribution >= 4 is 17.3 Å². The molecule has 5 nitrogen and oxygen atoms in total. The number of aliphatic hydroxyl groups is 1. The highest BCUT2D eigenvalue weighted by molar-refractivity contribution is 7.14. The second-order valence-corrected chi connectivity index (χ2v) is 6.21. The average molecular weight is 325 g/mol. The van der Waals surface area contributed by atoms with Crippen LogP contribution in [0.4, 0.5) is 4.39 Å². The van der Waals surface area contributed by atoms with Gasteiger partial charge in [0.1, 0.15) is 22.7 Å². The number of halogens is 1. The van der Waals surface area contributed by atoms with E-state index in [1.165, 1.54) is 17.4 Å². The van der Waals surface area contributed by atoms with Crippen molar-refractivity contribution in [3.63, 3.8) is 0 Å². The van der Waals surface area contributed by atoms with E-state index in [1.54, 1.807) is 20.0 Å². The number of carbonyl (C=O) groups is 1. The number of benzene rings is 1. The summed E-state index contributed by atoms with van der Waals surface area (Å²) in [4.78, 5) is 16.2. The first-order valence-corrected chi connectivity index (χ1v) is 7.45. The lowest BCUT2D eigenvalue weighted by Gasteiger charge is -2.18. The summed E-state index contributed by atoms with van der Waals surface area (Å²) in [5, 5.41) is 19.0. The predicted molar refractivity (Wildman–Crippen MR) is 81.0 cm³/mol. The SMILES string of the molecule is Cc1cnc(-c2cc(O[C@H](C)[C@H](C)O)cc(C(=O)O)c2F)s1. The molecule has 0 aliphatic carbocycles. The zero-order valence-corrected chi connectivity index (χ0v) is 13.1. The number of nitrogens with zero attached hydrogens (tertiary/aromatic N) is 1. The summed E-state index contributed by atoms with van der Waals surface area (Å²) in [5.41, 5.74) is -0.413. The highest BCUT2D eigenvalue weighted by atomic mass is 32.1. The van der Waals surface area contributed by atoms with Crippen molar-refractivity contribution in [3.05, 3.63) is 34.6 Å². The van der Waals surface area contributed by atoms with Crippen molar-refractivity contribution in [2.24, 2.45) is 0 Å². The molecule has 0 spiro atoms. The van der Waals surface area contributed by atoms with Crippen LogP contribution < -0.4 is 4.74 Å². The lowest BCUT2D eigenvalue weighted by Crippen LogP contribution is -2.25. The van der Waals surface area contributed by atoms with Gasteiger partial charge in [-0.15, -0.1) is 11.3 Å². The Morgan fingerprint density at radius 1 is 1.41 bits per heavy atom. The molecule has 0 aliphatic rings. The van der Waals surface area contributed by atoms with E-state index in [0.29, 0.717) is 5.01 Å². The number of aromatic carboxylic acids is 1. The van der Waals surface area contributed by atoms with E-state index in [1.807, 2.05) is 6.92 Å². The van der Waals surface area contributed by atoms with Gasteiger partial charge in [-0.1, -0.05) is 0 Å². The lowest BCUT2D eigenvalue weighted by atomic mass is 10.1. The first-order chi connectivity index (χ1) is 10.3. The number of aromatic nitrogens is 1. The topological polar surface area (TPSA) is 79.7 Å². The third kappa shape index (κ3) is 3.42. The lowest BCUT2D eigenvalue weighted by molar-refractivity contribution is 0.0599. The van der Waals surface area contributed by atoms with Crippen molar-refractivity contribution in [2.45, 2.75) is 33.0 Å². The summed E-state index contributed by atoms with van der Waals surface area (Å²) >= 11 is 1.26. The molecule has 1 aromatic heterocycles. The molecule has 22 heavy (non-hydrogen) atoms. The quantitative estimate of drug-likeness (QED) is 0.883. The Labute approximate surface area is 131 Å². The fourth-order valence-corrected chi connectivity index (χ4v) is 2.54. The minimum absolute atomic E-state index is 0.0748. The highest BCUT2D eigenvalue weighted by Crippen LogP contribution is 2.33. The molecule has 0 bridgehead atoms. The minimum Gasteiger partial charge on any atom is -0.488 e. The number of ether oxygens (including phenoxy) is 1. The van der Waals surface area contributed by atoms with Gasteiger partial charge in [-0.05, 0) is 32.9 Å². The second-order valence-electron chi connectivity index (χ2n) is 4.98. The van der Waals surface area contributed by atoms with Crippen molar-refractivity contribution < 1.29 is 24.1 Å². The van der Waals surface area contributed by atoms with Gasteiger partial charge in [0.25, 0.3) is 0 Å². The molecule has 1 heterocycles. The Morgan fingerprint density at radius 3 is 2.59 bits per heavy atom. The Kier molecular flexibility index (Phi) is 4.77. The van der Waals surface area contributed by atoms with Crippen molar-refractivity contribution in [2.75, 3.05) is 0 Å². The van der Waals surface area contributed by atoms with Crippen LogP contribution in [0.5, 0.6) is 5.75 Å². The fraction of sp³-hybridized carbons (Fsp3) is 0.333. The second kappa shape index (κ2) is 6.41. The van der Waals surface area contributed by atoms with E-state index in [9.17, 15) is 14.3 Å². The van der Waals surface area contributed by atoms with Crippen LogP contribution in [-0.2, 0) is 0 Å². The molecule has 2 atom stereocenters. The van der Waals surface area contributed by atoms with Crippen LogP contribution in [-0.4, -0.2) is 33.4 Å². The average Bonchev–Trinajstić information content (AvgIpc) is 2.86. The predicted octanol–water partition coefficient (Wildman–Crippen LogP) is 3.10. The minimum atomic E-state index is -1.39. The van der Waals surface area contributed by atoms with E-state index in [4.69, 9.17) is 9.84 Å². The van der Waals surface area contributed by atoms with Gasteiger partial charge >= 0.3 is 5.97 Å². The summed E-state index contributed by atoms with van der Waals surface area (Å²) in [6, 6.07) is 2.51. The molecule has 2 aromatic rings. The third-order valence-corrected chi connectivity index (χ3v) is 4.08. The first kappa shape index (κ1) is 16.4. The van der Waals surface area contributed by atoms with Gasteiger partial charge in [0.15, 0.2) is 0 Å². The zero-order chi connectivity index (χ0) is 16.4. The molecule has 7 heteroatoms. The van der Waals surface area contributed by atoms with Crippen LogP contribution in [0.15, 0.2) is 18.3 Å². The number of carboxylic acid groups (broad SMARTS) is 1. The van der Waals surface area contributed by atoms with Crippen molar-refractivity contribution in [1.82, 2.24) is 4.98 Å².